The molecule has 5 heteroatoms. The second kappa shape index (κ2) is 7.31. The number of nitrogens with one attached hydrogen (secondary N) is 1. The molecule has 5 nitrogen and oxygen atoms in total. The fraction of sp³-hybridized carbons (Fsp3) is 0.562. The van der Waals surface area contributed by atoms with Crippen LogP contribution in [-0.2, 0) is 0 Å². The van der Waals surface area contributed by atoms with E-state index in [4.69, 9.17) is 9.47 Å². The van der Waals surface area contributed by atoms with Gasteiger partial charge in [0, 0.05) is 12.1 Å². The molecule has 1 fully saturated rings. The molecule has 0 heterocycles. The summed E-state index contributed by atoms with van der Waals surface area (Å²) in [5, 5.41) is 11.8. The molecule has 1 amide bonds. The molecule has 0 radical (unpaired) electrons. The molecule has 0 spiro atoms. The third-order valence-electron chi connectivity index (χ3n) is 3.58. The van der Waals surface area contributed by atoms with Crippen molar-refractivity contribution in [3.8, 4) is 11.5 Å². The van der Waals surface area contributed by atoms with Gasteiger partial charge in [0.1, 0.15) is 0 Å². The predicted octanol–water partition coefficient (Wildman–Crippen LogP) is 2.13. The number of hydrogen-bond acceptors (Lipinski definition) is 4. The number of aliphatic hydroxyl groups is 1. The maximum Gasteiger partial charge on any atom is 0.251 e. The second-order valence-electron chi connectivity index (χ2n) is 5.45. The van der Waals surface area contributed by atoms with Crippen molar-refractivity contribution < 1.29 is 19.4 Å². The molecule has 0 bridgehead atoms. The first-order chi connectivity index (χ1) is 10.1. The Balaban J connectivity index is 2.06. The van der Waals surface area contributed by atoms with Crippen LogP contribution in [0.1, 0.15) is 43.0 Å². The van der Waals surface area contributed by atoms with Crippen LogP contribution in [-0.4, -0.2) is 36.9 Å². The fourth-order valence-corrected chi connectivity index (χ4v) is 2.43. The summed E-state index contributed by atoms with van der Waals surface area (Å²) < 4.78 is 11.3. The lowest BCUT2D eigenvalue weighted by Gasteiger charge is -2.16. The van der Waals surface area contributed by atoms with Gasteiger partial charge < -0.3 is 19.9 Å². The van der Waals surface area contributed by atoms with Crippen LogP contribution in [0.25, 0.3) is 0 Å². The lowest BCUT2D eigenvalue weighted by atomic mass is 10.2. The summed E-state index contributed by atoms with van der Waals surface area (Å²) >= 11 is 0. The van der Waals surface area contributed by atoms with Crippen LogP contribution in [0.5, 0.6) is 11.5 Å². The van der Waals surface area contributed by atoms with Gasteiger partial charge >= 0.3 is 0 Å². The average molecular weight is 293 g/mol. The van der Waals surface area contributed by atoms with Crippen LogP contribution in [0, 0.1) is 0 Å². The lowest BCUT2D eigenvalue weighted by molar-refractivity contribution is 0.0923. The van der Waals surface area contributed by atoms with E-state index in [1.807, 2.05) is 0 Å². The van der Waals surface area contributed by atoms with Crippen molar-refractivity contribution in [3.63, 3.8) is 0 Å². The van der Waals surface area contributed by atoms with Gasteiger partial charge in [-0.15, -0.1) is 0 Å². The van der Waals surface area contributed by atoms with E-state index in [1.54, 1.807) is 32.2 Å². The minimum absolute atomic E-state index is 0.224. The Morgan fingerprint density at radius 3 is 2.71 bits per heavy atom. The van der Waals surface area contributed by atoms with Gasteiger partial charge in [0.25, 0.3) is 5.91 Å². The molecule has 2 N–H and O–H groups in total. The molecule has 1 aliphatic carbocycles. The van der Waals surface area contributed by atoms with E-state index in [0.29, 0.717) is 17.1 Å². The lowest BCUT2D eigenvalue weighted by Crippen LogP contribution is -2.30. The summed E-state index contributed by atoms with van der Waals surface area (Å²) in [5.74, 6) is 1.00. The summed E-state index contributed by atoms with van der Waals surface area (Å²) in [5.41, 5.74) is 0.492. The highest BCUT2D eigenvalue weighted by molar-refractivity contribution is 5.94. The molecule has 1 aromatic rings. The Morgan fingerprint density at radius 2 is 2.10 bits per heavy atom. The summed E-state index contributed by atoms with van der Waals surface area (Å²) in [6.07, 6.45) is 4.22. The first-order valence-corrected chi connectivity index (χ1v) is 7.41. The molecule has 116 valence electrons. The number of carbonyl (C=O) groups excluding carboxylic acids is 1. The maximum absolute atomic E-state index is 12.0. The molecule has 1 atom stereocenters. The number of methoxy groups -OCH3 is 1. The zero-order chi connectivity index (χ0) is 15.2. The molecule has 0 aliphatic heterocycles. The van der Waals surface area contributed by atoms with Crippen molar-refractivity contribution in [1.29, 1.82) is 0 Å². The van der Waals surface area contributed by atoms with E-state index in [1.165, 1.54) is 12.8 Å². The highest BCUT2D eigenvalue weighted by Crippen LogP contribution is 2.32. The average Bonchev–Trinajstić information content (AvgIpc) is 2.98. The van der Waals surface area contributed by atoms with E-state index in [0.717, 1.165) is 12.8 Å². The van der Waals surface area contributed by atoms with E-state index < -0.39 is 6.10 Å². The van der Waals surface area contributed by atoms with Crippen molar-refractivity contribution in [2.75, 3.05) is 13.7 Å². The van der Waals surface area contributed by atoms with Gasteiger partial charge in [-0.3, -0.25) is 4.79 Å². The number of ether oxygens (including phenoxy) is 2. The zero-order valence-electron chi connectivity index (χ0n) is 12.6. The first kappa shape index (κ1) is 15.6. The molecular formula is C16H23NO4. The standard InChI is InChI=1S/C16H23NO4/c1-11(18)10-17-16(19)12-7-8-14(15(9-12)20-2)21-13-5-3-4-6-13/h7-9,11,13,18H,3-6,10H2,1-2H3,(H,17,19). The van der Waals surface area contributed by atoms with Crippen molar-refractivity contribution in [2.45, 2.75) is 44.8 Å². The number of benzene rings is 1. The predicted molar refractivity (Wildman–Crippen MR) is 79.9 cm³/mol. The van der Waals surface area contributed by atoms with E-state index in [2.05, 4.69) is 5.32 Å². The van der Waals surface area contributed by atoms with Crippen molar-refractivity contribution in [2.24, 2.45) is 0 Å². The van der Waals surface area contributed by atoms with Crippen LogP contribution in [0.2, 0.25) is 0 Å². The normalized spacial score (nSPS) is 16.5. The molecule has 0 aromatic heterocycles. The van der Waals surface area contributed by atoms with Gasteiger partial charge in [-0.1, -0.05) is 0 Å². The van der Waals surface area contributed by atoms with Crippen LogP contribution in [0.4, 0.5) is 0 Å². The third-order valence-corrected chi connectivity index (χ3v) is 3.58. The monoisotopic (exact) mass is 293 g/mol. The number of carbonyl (C=O) groups is 1. The summed E-state index contributed by atoms with van der Waals surface area (Å²) in [7, 11) is 1.56. The summed E-state index contributed by atoms with van der Waals surface area (Å²) in [6.45, 7) is 1.85. The second-order valence-corrected chi connectivity index (χ2v) is 5.45. The third kappa shape index (κ3) is 4.36. The van der Waals surface area contributed by atoms with E-state index >= 15 is 0 Å². The van der Waals surface area contributed by atoms with Gasteiger partial charge in [-0.2, -0.15) is 0 Å². The van der Waals surface area contributed by atoms with Crippen LogP contribution < -0.4 is 14.8 Å². The Kier molecular flexibility index (Phi) is 5.44. The minimum atomic E-state index is -0.569. The highest BCUT2D eigenvalue weighted by Gasteiger charge is 2.19. The summed E-state index contributed by atoms with van der Waals surface area (Å²) in [4.78, 5) is 12.0. The topological polar surface area (TPSA) is 67.8 Å². The largest absolute Gasteiger partial charge is 0.493 e. The molecule has 1 saturated carbocycles. The maximum atomic E-state index is 12.0. The highest BCUT2D eigenvalue weighted by atomic mass is 16.5. The molecule has 1 unspecified atom stereocenters. The van der Waals surface area contributed by atoms with Gasteiger partial charge in [-0.25, -0.2) is 0 Å². The number of aliphatic hydroxyl groups excluding tert-OH is 1. The molecule has 0 saturated heterocycles. The zero-order valence-corrected chi connectivity index (χ0v) is 12.6. The Morgan fingerprint density at radius 1 is 1.38 bits per heavy atom. The minimum Gasteiger partial charge on any atom is -0.493 e. The molecular weight excluding hydrogens is 270 g/mol. The quantitative estimate of drug-likeness (QED) is 0.843. The van der Waals surface area contributed by atoms with Gasteiger partial charge in [0.15, 0.2) is 11.5 Å². The molecule has 1 aliphatic rings. The van der Waals surface area contributed by atoms with Crippen molar-refractivity contribution in [1.82, 2.24) is 5.32 Å². The smallest absolute Gasteiger partial charge is 0.251 e. The fourth-order valence-electron chi connectivity index (χ4n) is 2.43. The Labute approximate surface area is 125 Å². The Hall–Kier alpha value is -1.75. The molecule has 21 heavy (non-hydrogen) atoms. The SMILES string of the molecule is COc1cc(C(=O)NCC(C)O)ccc1OC1CCCC1. The van der Waals surface area contributed by atoms with Gasteiger partial charge in [0.05, 0.1) is 19.3 Å². The number of amides is 1. The first-order valence-electron chi connectivity index (χ1n) is 7.41. The number of rotatable bonds is 6. The Bertz CT molecular complexity index is 481. The van der Waals surface area contributed by atoms with Crippen molar-refractivity contribution in [3.05, 3.63) is 23.8 Å². The van der Waals surface area contributed by atoms with E-state index in [9.17, 15) is 9.90 Å². The van der Waals surface area contributed by atoms with Crippen LogP contribution in [0.15, 0.2) is 18.2 Å². The molecule has 1 aromatic carbocycles. The summed E-state index contributed by atoms with van der Waals surface area (Å²) in [6, 6.07) is 5.15. The van der Waals surface area contributed by atoms with Crippen LogP contribution in [0.3, 0.4) is 0 Å². The van der Waals surface area contributed by atoms with Crippen LogP contribution >= 0.6 is 0 Å². The van der Waals surface area contributed by atoms with E-state index in [-0.39, 0.29) is 18.6 Å². The number of hydrogen-bond donors (Lipinski definition) is 2. The molecule has 2 rings (SSSR count). The van der Waals surface area contributed by atoms with Gasteiger partial charge in [0.2, 0.25) is 0 Å². The van der Waals surface area contributed by atoms with Gasteiger partial charge in [-0.05, 0) is 50.8 Å². The van der Waals surface area contributed by atoms with Crippen molar-refractivity contribution >= 4 is 5.91 Å².